The first-order valence-electron chi connectivity index (χ1n) is 10.5. The molecule has 1 aliphatic rings. The van der Waals surface area contributed by atoms with Crippen LogP contribution in [-0.2, 0) is 13.0 Å². The highest BCUT2D eigenvalue weighted by Gasteiger charge is 2.22. The molecule has 1 aliphatic heterocycles. The maximum atomic E-state index is 4.90. The minimum Gasteiger partial charge on any atom is -0.357 e. The van der Waals surface area contributed by atoms with Crippen LogP contribution >= 0.6 is 35.5 Å². The van der Waals surface area contributed by atoms with Gasteiger partial charge in [0.1, 0.15) is 5.82 Å². The first kappa shape index (κ1) is 23.5. The molecule has 4 rings (SSSR count). The van der Waals surface area contributed by atoms with Crippen molar-refractivity contribution in [3.8, 4) is 5.69 Å². The van der Waals surface area contributed by atoms with Crippen LogP contribution in [0.15, 0.2) is 47.7 Å². The molecule has 2 aromatic heterocycles. The van der Waals surface area contributed by atoms with Crippen LogP contribution in [-0.4, -0.2) is 62.7 Å². The third-order valence-corrected chi connectivity index (χ3v) is 5.86. The largest absolute Gasteiger partial charge is 0.357 e. The molecule has 166 valence electrons. The Bertz CT molecular complexity index is 963. The van der Waals surface area contributed by atoms with E-state index in [2.05, 4.69) is 67.7 Å². The number of halogens is 1. The molecule has 10 heteroatoms. The number of benzene rings is 1. The van der Waals surface area contributed by atoms with Crippen molar-refractivity contribution in [1.29, 1.82) is 0 Å². The van der Waals surface area contributed by atoms with Gasteiger partial charge >= 0.3 is 0 Å². The molecule has 0 radical (unpaired) electrons. The van der Waals surface area contributed by atoms with Crippen LogP contribution in [0.3, 0.4) is 0 Å². The summed E-state index contributed by atoms with van der Waals surface area (Å²) in [7, 11) is 0. The molecule has 3 heterocycles. The van der Waals surface area contributed by atoms with Crippen LogP contribution in [0.25, 0.3) is 5.69 Å². The zero-order valence-corrected chi connectivity index (χ0v) is 21.1. The zero-order valence-electron chi connectivity index (χ0n) is 17.9. The van der Waals surface area contributed by atoms with Gasteiger partial charge in [-0.1, -0.05) is 19.1 Å². The molecule has 0 amide bonds. The number of aliphatic imine (C=N–C) groups is 1. The predicted molar refractivity (Wildman–Crippen MR) is 137 cm³/mol. The number of piperazine rings is 1. The van der Waals surface area contributed by atoms with Gasteiger partial charge in [0, 0.05) is 63.1 Å². The van der Waals surface area contributed by atoms with Gasteiger partial charge in [-0.2, -0.15) is 9.47 Å². The van der Waals surface area contributed by atoms with Gasteiger partial charge in [0.25, 0.3) is 0 Å². The highest BCUT2D eigenvalue weighted by atomic mass is 127. The second kappa shape index (κ2) is 11.4. The Balaban J connectivity index is 0.00000272. The van der Waals surface area contributed by atoms with Crippen molar-refractivity contribution >= 4 is 46.6 Å². The van der Waals surface area contributed by atoms with Gasteiger partial charge in [0.2, 0.25) is 5.13 Å². The predicted octanol–water partition coefficient (Wildman–Crippen LogP) is 3.19. The quantitative estimate of drug-likeness (QED) is 0.288. The Labute approximate surface area is 204 Å². The van der Waals surface area contributed by atoms with Gasteiger partial charge in [-0.05, 0) is 30.7 Å². The lowest BCUT2D eigenvalue weighted by molar-refractivity contribution is 0.372. The summed E-state index contributed by atoms with van der Waals surface area (Å²) in [6, 6.07) is 10.3. The highest BCUT2D eigenvalue weighted by Crippen LogP contribution is 2.19. The van der Waals surface area contributed by atoms with Crippen molar-refractivity contribution in [1.82, 2.24) is 29.4 Å². The molecule has 0 unspecified atom stereocenters. The monoisotopic (exact) mass is 552 g/mol. The van der Waals surface area contributed by atoms with Crippen LogP contribution in [0.4, 0.5) is 5.13 Å². The maximum absolute atomic E-state index is 4.90. The van der Waals surface area contributed by atoms with E-state index in [9.17, 15) is 0 Å². The fourth-order valence-electron chi connectivity index (χ4n) is 3.44. The molecule has 0 aliphatic carbocycles. The lowest BCUT2D eigenvalue weighted by Gasteiger charge is -2.36. The van der Waals surface area contributed by atoms with Crippen molar-refractivity contribution in [2.75, 3.05) is 37.6 Å². The van der Waals surface area contributed by atoms with Crippen LogP contribution in [0.5, 0.6) is 0 Å². The van der Waals surface area contributed by atoms with E-state index in [1.54, 1.807) is 6.20 Å². The topological polar surface area (TPSA) is 74.5 Å². The van der Waals surface area contributed by atoms with Crippen molar-refractivity contribution in [2.24, 2.45) is 4.99 Å². The lowest BCUT2D eigenvalue weighted by Crippen LogP contribution is -2.52. The normalized spacial score (nSPS) is 14.5. The first-order chi connectivity index (χ1) is 14.8. The summed E-state index contributed by atoms with van der Waals surface area (Å²) >= 11 is 1.50. The summed E-state index contributed by atoms with van der Waals surface area (Å²) in [5.74, 6) is 1.90. The first-order valence-corrected chi connectivity index (χ1v) is 11.2. The number of nitrogens with one attached hydrogen (secondary N) is 1. The third-order valence-electron chi connectivity index (χ3n) is 5.05. The number of hydrogen-bond donors (Lipinski definition) is 1. The second-order valence-corrected chi connectivity index (χ2v) is 7.84. The Morgan fingerprint density at radius 2 is 2.00 bits per heavy atom. The van der Waals surface area contributed by atoms with Crippen LogP contribution in [0.1, 0.15) is 25.2 Å². The average molecular weight is 552 g/mol. The number of rotatable bonds is 6. The molecule has 1 saturated heterocycles. The van der Waals surface area contributed by atoms with Crippen LogP contribution in [0, 0.1) is 0 Å². The standard InChI is InChI=1S/C21H28N8S.HI/c1-3-19-25-21(30-26-19)28-13-11-27(12-14-28)20(22-4-2)23-16-17-7-5-8-18(15-17)29-10-6-9-24-29;/h5-10,15H,3-4,11-14,16H2,1-2H3,(H,22,23);1H. The number of aromatic nitrogens is 4. The van der Waals surface area contributed by atoms with Crippen LogP contribution in [0.2, 0.25) is 0 Å². The van der Waals surface area contributed by atoms with Crippen molar-refractivity contribution in [3.63, 3.8) is 0 Å². The van der Waals surface area contributed by atoms with Gasteiger partial charge in [-0.15, -0.1) is 24.0 Å². The fraction of sp³-hybridized carbons (Fsp3) is 0.429. The average Bonchev–Trinajstić information content (AvgIpc) is 3.49. The number of guanidine groups is 1. The van der Waals surface area contributed by atoms with Gasteiger partial charge in [-0.3, -0.25) is 0 Å². The molecule has 0 spiro atoms. The van der Waals surface area contributed by atoms with Gasteiger partial charge in [0.15, 0.2) is 5.96 Å². The summed E-state index contributed by atoms with van der Waals surface area (Å²) in [6.07, 6.45) is 4.63. The van der Waals surface area contributed by atoms with E-state index < -0.39 is 0 Å². The number of anilines is 1. The smallest absolute Gasteiger partial charge is 0.205 e. The minimum absolute atomic E-state index is 0. The molecule has 1 aromatic carbocycles. The number of hydrogen-bond acceptors (Lipinski definition) is 6. The summed E-state index contributed by atoms with van der Waals surface area (Å²) in [4.78, 5) is 14.2. The van der Waals surface area contributed by atoms with Gasteiger partial charge < -0.3 is 15.1 Å². The lowest BCUT2D eigenvalue weighted by atomic mass is 10.2. The molecular weight excluding hydrogens is 523 g/mol. The summed E-state index contributed by atoms with van der Waals surface area (Å²) in [5.41, 5.74) is 2.22. The SMILES string of the molecule is CCNC(=NCc1cccc(-n2cccn2)c1)N1CCN(c2nc(CC)ns2)CC1.I. The minimum atomic E-state index is 0. The highest BCUT2D eigenvalue weighted by molar-refractivity contribution is 14.0. The maximum Gasteiger partial charge on any atom is 0.205 e. The fourth-order valence-corrected chi connectivity index (χ4v) is 4.24. The van der Waals surface area contributed by atoms with E-state index in [0.717, 1.165) is 67.3 Å². The van der Waals surface area contributed by atoms with Crippen molar-refractivity contribution in [2.45, 2.75) is 26.8 Å². The molecular formula is C21H29IN8S. The molecule has 31 heavy (non-hydrogen) atoms. The van der Waals surface area contributed by atoms with E-state index in [0.29, 0.717) is 6.54 Å². The van der Waals surface area contributed by atoms with E-state index in [1.807, 2.05) is 16.9 Å². The summed E-state index contributed by atoms with van der Waals surface area (Å²) in [6.45, 7) is 9.37. The summed E-state index contributed by atoms with van der Waals surface area (Å²) in [5, 5.41) is 8.79. The van der Waals surface area contributed by atoms with Crippen molar-refractivity contribution in [3.05, 3.63) is 54.1 Å². The Hall–Kier alpha value is -2.21. The van der Waals surface area contributed by atoms with Crippen molar-refractivity contribution < 1.29 is 0 Å². The molecule has 0 saturated carbocycles. The molecule has 0 bridgehead atoms. The van der Waals surface area contributed by atoms with Gasteiger partial charge in [-0.25, -0.2) is 14.7 Å². The van der Waals surface area contributed by atoms with Gasteiger partial charge in [0.05, 0.1) is 12.2 Å². The molecule has 1 fully saturated rings. The molecule has 3 aromatic rings. The van der Waals surface area contributed by atoms with E-state index in [4.69, 9.17) is 4.99 Å². The Morgan fingerprint density at radius 1 is 1.16 bits per heavy atom. The summed E-state index contributed by atoms with van der Waals surface area (Å²) < 4.78 is 6.29. The Kier molecular flexibility index (Phi) is 8.64. The van der Waals surface area contributed by atoms with E-state index in [1.165, 1.54) is 11.5 Å². The third kappa shape index (κ3) is 5.94. The van der Waals surface area contributed by atoms with E-state index in [-0.39, 0.29) is 24.0 Å². The molecule has 8 nitrogen and oxygen atoms in total. The second-order valence-electron chi connectivity index (χ2n) is 7.11. The zero-order chi connectivity index (χ0) is 20.8. The molecule has 0 atom stereocenters. The number of nitrogens with zero attached hydrogens (tertiary/aromatic N) is 7. The number of aryl methyl sites for hydroxylation is 1. The van der Waals surface area contributed by atoms with Crippen LogP contribution < -0.4 is 10.2 Å². The molecule has 1 N–H and O–H groups in total. The Morgan fingerprint density at radius 3 is 2.68 bits per heavy atom. The van der Waals surface area contributed by atoms with E-state index >= 15 is 0 Å².